The van der Waals surface area contributed by atoms with E-state index in [-0.39, 0.29) is 6.61 Å². The Labute approximate surface area is 145 Å². The Kier molecular flexibility index (Phi) is 6.80. The van der Waals surface area contributed by atoms with E-state index >= 15 is 0 Å². The third-order valence-electron chi connectivity index (χ3n) is 2.97. The molecular formula is C19H17ClN2O2. The fraction of sp³-hybridized carbons (Fsp3) is 0.0526. The van der Waals surface area contributed by atoms with Crippen LogP contribution in [-0.2, 0) is 11.3 Å². The van der Waals surface area contributed by atoms with Gasteiger partial charge in [0.25, 0.3) is 0 Å². The minimum absolute atomic E-state index is 0.160. The van der Waals surface area contributed by atoms with Crippen molar-refractivity contribution in [3.63, 3.8) is 0 Å². The highest BCUT2D eigenvalue weighted by molar-refractivity contribution is 6.29. The molecule has 1 aromatic heterocycles. The van der Waals surface area contributed by atoms with E-state index < -0.39 is 5.97 Å². The number of rotatable bonds is 3. The summed E-state index contributed by atoms with van der Waals surface area (Å²) in [5.41, 5.74) is 7.38. The summed E-state index contributed by atoms with van der Waals surface area (Å²) < 4.78 is 5.13. The summed E-state index contributed by atoms with van der Waals surface area (Å²) >= 11 is 5.65. The molecule has 3 rings (SSSR count). The van der Waals surface area contributed by atoms with E-state index in [2.05, 4.69) is 4.98 Å². The van der Waals surface area contributed by atoms with Crippen LogP contribution in [0.4, 0.5) is 5.69 Å². The number of halogens is 1. The van der Waals surface area contributed by atoms with E-state index in [0.717, 1.165) is 5.56 Å². The number of pyridine rings is 1. The molecule has 0 saturated heterocycles. The van der Waals surface area contributed by atoms with Crippen molar-refractivity contribution in [3.8, 4) is 0 Å². The van der Waals surface area contributed by atoms with Crippen molar-refractivity contribution in [1.29, 1.82) is 0 Å². The number of anilines is 1. The second-order valence-corrected chi connectivity index (χ2v) is 5.23. The molecule has 5 heteroatoms. The largest absolute Gasteiger partial charge is 0.457 e. The molecule has 1 heterocycles. The zero-order valence-corrected chi connectivity index (χ0v) is 13.7. The van der Waals surface area contributed by atoms with E-state index in [0.29, 0.717) is 16.4 Å². The maximum Gasteiger partial charge on any atom is 0.338 e. The first-order valence-corrected chi connectivity index (χ1v) is 7.66. The SMILES string of the molecule is Nc1ccc(C(=O)OCc2ccc(Cl)nc2)cc1.c1ccccc1. The van der Waals surface area contributed by atoms with Crippen molar-refractivity contribution in [2.24, 2.45) is 0 Å². The van der Waals surface area contributed by atoms with E-state index in [1.165, 1.54) is 0 Å². The number of nitrogens with zero attached hydrogens (tertiary/aromatic N) is 1. The van der Waals surface area contributed by atoms with Gasteiger partial charge in [0.1, 0.15) is 11.8 Å². The molecule has 0 aliphatic rings. The van der Waals surface area contributed by atoms with Crippen molar-refractivity contribution in [2.45, 2.75) is 6.61 Å². The molecule has 0 radical (unpaired) electrons. The average Bonchev–Trinajstić information content (AvgIpc) is 2.63. The molecule has 0 aliphatic carbocycles. The molecule has 24 heavy (non-hydrogen) atoms. The molecule has 3 aromatic rings. The van der Waals surface area contributed by atoms with Gasteiger partial charge in [-0.15, -0.1) is 0 Å². The average molecular weight is 341 g/mol. The first-order valence-electron chi connectivity index (χ1n) is 7.28. The Morgan fingerprint density at radius 2 is 1.54 bits per heavy atom. The lowest BCUT2D eigenvalue weighted by Gasteiger charge is -2.05. The van der Waals surface area contributed by atoms with Crippen LogP contribution in [0.5, 0.6) is 0 Å². The van der Waals surface area contributed by atoms with Crippen LogP contribution in [0.15, 0.2) is 79.0 Å². The van der Waals surface area contributed by atoms with Crippen LogP contribution in [0.1, 0.15) is 15.9 Å². The fourth-order valence-electron chi connectivity index (χ4n) is 1.73. The normalized spacial score (nSPS) is 9.54. The number of esters is 1. The second kappa shape index (κ2) is 9.33. The summed E-state index contributed by atoms with van der Waals surface area (Å²) in [7, 11) is 0. The van der Waals surface area contributed by atoms with Crippen LogP contribution in [0.25, 0.3) is 0 Å². The quantitative estimate of drug-likeness (QED) is 0.437. The standard InChI is InChI=1S/C13H11ClN2O2.C6H6/c14-12-6-1-9(7-16-12)8-18-13(17)10-2-4-11(15)5-3-10;1-2-4-6-5-3-1/h1-7H,8,15H2;1-6H. The molecule has 0 aliphatic heterocycles. The summed E-state index contributed by atoms with van der Waals surface area (Å²) in [4.78, 5) is 15.6. The Hall–Kier alpha value is -2.85. The van der Waals surface area contributed by atoms with Crippen LogP contribution in [0, 0.1) is 0 Å². The number of nitrogens with two attached hydrogens (primary N) is 1. The van der Waals surface area contributed by atoms with Gasteiger partial charge < -0.3 is 10.5 Å². The van der Waals surface area contributed by atoms with Gasteiger partial charge in [-0.25, -0.2) is 9.78 Å². The topological polar surface area (TPSA) is 65.2 Å². The molecule has 2 aromatic carbocycles. The number of carbonyl (C=O) groups excluding carboxylic acids is 1. The lowest BCUT2D eigenvalue weighted by Crippen LogP contribution is -2.05. The van der Waals surface area contributed by atoms with Crippen LogP contribution >= 0.6 is 11.6 Å². The Morgan fingerprint density at radius 1 is 0.958 bits per heavy atom. The van der Waals surface area contributed by atoms with Crippen molar-refractivity contribution in [2.75, 3.05) is 5.73 Å². The summed E-state index contributed by atoms with van der Waals surface area (Å²) in [5, 5.41) is 0.406. The minimum atomic E-state index is -0.398. The zero-order valence-electron chi connectivity index (χ0n) is 12.9. The molecular weight excluding hydrogens is 324 g/mol. The van der Waals surface area contributed by atoms with Crippen molar-refractivity contribution in [3.05, 3.63) is 95.3 Å². The van der Waals surface area contributed by atoms with E-state index in [1.807, 2.05) is 36.4 Å². The van der Waals surface area contributed by atoms with Gasteiger partial charge in [-0.05, 0) is 30.3 Å². The third-order valence-corrected chi connectivity index (χ3v) is 3.20. The van der Waals surface area contributed by atoms with Crippen LogP contribution in [0.3, 0.4) is 0 Å². The van der Waals surface area contributed by atoms with Gasteiger partial charge in [-0.3, -0.25) is 0 Å². The monoisotopic (exact) mass is 340 g/mol. The molecule has 0 unspecified atom stereocenters. The maximum atomic E-state index is 11.7. The van der Waals surface area contributed by atoms with Crippen molar-refractivity contribution < 1.29 is 9.53 Å². The van der Waals surface area contributed by atoms with Gasteiger partial charge in [0, 0.05) is 17.4 Å². The first-order chi connectivity index (χ1) is 11.6. The van der Waals surface area contributed by atoms with Crippen LogP contribution in [0.2, 0.25) is 5.15 Å². The van der Waals surface area contributed by atoms with E-state index in [4.69, 9.17) is 22.1 Å². The maximum absolute atomic E-state index is 11.7. The molecule has 2 N–H and O–H groups in total. The van der Waals surface area contributed by atoms with Gasteiger partial charge in [-0.2, -0.15) is 0 Å². The molecule has 122 valence electrons. The van der Waals surface area contributed by atoms with Gasteiger partial charge in [0.15, 0.2) is 0 Å². The second-order valence-electron chi connectivity index (χ2n) is 4.84. The van der Waals surface area contributed by atoms with Crippen molar-refractivity contribution >= 4 is 23.3 Å². The first kappa shape index (κ1) is 17.5. The molecule has 0 bridgehead atoms. The van der Waals surface area contributed by atoms with Gasteiger partial charge >= 0.3 is 5.97 Å². The molecule has 4 nitrogen and oxygen atoms in total. The Morgan fingerprint density at radius 3 is 2.04 bits per heavy atom. The van der Waals surface area contributed by atoms with E-state index in [1.54, 1.807) is 42.6 Å². The predicted molar refractivity (Wildman–Crippen MR) is 95.7 cm³/mol. The Bertz CT molecular complexity index is 718. The predicted octanol–water partition coefficient (Wildman–Crippen LogP) is 4.36. The molecule has 0 atom stereocenters. The molecule has 0 fully saturated rings. The smallest absolute Gasteiger partial charge is 0.338 e. The summed E-state index contributed by atoms with van der Waals surface area (Å²) in [6.45, 7) is 0.160. The number of carbonyl (C=O) groups is 1. The number of benzene rings is 2. The highest BCUT2D eigenvalue weighted by Crippen LogP contribution is 2.10. The zero-order chi connectivity index (χ0) is 17.2. The van der Waals surface area contributed by atoms with Gasteiger partial charge in [0.05, 0.1) is 5.56 Å². The molecule has 0 saturated carbocycles. The summed E-state index contributed by atoms with van der Waals surface area (Å²) in [6, 6.07) is 22.0. The highest BCUT2D eigenvalue weighted by atomic mass is 35.5. The van der Waals surface area contributed by atoms with Crippen LogP contribution < -0.4 is 5.73 Å². The summed E-state index contributed by atoms with van der Waals surface area (Å²) in [5.74, 6) is -0.398. The lowest BCUT2D eigenvalue weighted by atomic mass is 10.2. The molecule has 0 amide bonds. The number of hydrogen-bond donors (Lipinski definition) is 1. The third kappa shape index (κ3) is 6.10. The number of ether oxygens (including phenoxy) is 1. The Balaban J connectivity index is 0.000000292. The van der Waals surface area contributed by atoms with E-state index in [9.17, 15) is 4.79 Å². The molecule has 0 spiro atoms. The summed E-state index contributed by atoms with van der Waals surface area (Å²) in [6.07, 6.45) is 1.57. The van der Waals surface area contributed by atoms with Crippen LogP contribution in [-0.4, -0.2) is 11.0 Å². The number of nitrogen functional groups attached to an aromatic ring is 1. The minimum Gasteiger partial charge on any atom is -0.457 e. The lowest BCUT2D eigenvalue weighted by molar-refractivity contribution is 0.0472. The van der Waals surface area contributed by atoms with Gasteiger partial charge in [0.2, 0.25) is 0 Å². The van der Waals surface area contributed by atoms with Crippen molar-refractivity contribution in [1.82, 2.24) is 4.98 Å². The number of aromatic nitrogens is 1. The fourth-order valence-corrected chi connectivity index (χ4v) is 1.84. The van der Waals surface area contributed by atoms with Gasteiger partial charge in [-0.1, -0.05) is 54.1 Å². The highest BCUT2D eigenvalue weighted by Gasteiger charge is 2.06. The number of hydrogen-bond acceptors (Lipinski definition) is 4.